The van der Waals surface area contributed by atoms with E-state index in [2.05, 4.69) is 10.4 Å². The number of nitrogens with one attached hydrogen (secondary N) is 1. The number of carbonyl (C=O) groups is 4. The van der Waals surface area contributed by atoms with E-state index in [1.54, 1.807) is 41.0 Å². The Balaban J connectivity index is 1.40. The molecule has 0 bridgehead atoms. The molecule has 18 nitrogen and oxygen atoms in total. The number of carbonyl (C=O) groups excluding carboxylic acids is 4. The number of cyclic esters (lactones) is 1. The summed E-state index contributed by atoms with van der Waals surface area (Å²) in [5.41, 5.74) is 1.49. The van der Waals surface area contributed by atoms with Gasteiger partial charge in [-0.25, -0.2) is 15.2 Å². The van der Waals surface area contributed by atoms with Crippen molar-refractivity contribution in [1.29, 1.82) is 0 Å². The average Bonchev–Trinajstić information content (AvgIpc) is 3.59. The van der Waals surface area contributed by atoms with Gasteiger partial charge in [-0.15, -0.1) is 0 Å². The van der Waals surface area contributed by atoms with Gasteiger partial charge in [0.25, 0.3) is 0 Å². The zero-order valence-corrected chi connectivity index (χ0v) is 44.7. The molecule has 4 fully saturated rings. The third kappa shape index (κ3) is 11.9. The number of rotatable bonds is 14. The first-order valence-electron chi connectivity index (χ1n) is 25.5. The number of hydrogen-bond acceptors (Lipinski definition) is 17. The Morgan fingerprint density at radius 1 is 0.930 bits per heavy atom. The number of esters is 2. The second-order valence-corrected chi connectivity index (χ2v) is 21.4. The number of benzene rings is 1. The molecule has 18 atom stereocenters. The number of aromatic nitrogens is 1. The predicted molar refractivity (Wildman–Crippen MR) is 263 cm³/mol. The third-order valence-corrected chi connectivity index (χ3v) is 15.9. The molecular formula is C53H82N4O14. The molecule has 5 heterocycles. The molecule has 0 radical (unpaired) electrons. The second-order valence-electron chi connectivity index (χ2n) is 21.4. The number of hydrazine groups is 1. The number of para-hydroxylation sites is 1. The predicted octanol–water partition coefficient (Wildman–Crippen LogP) is 6.16. The van der Waals surface area contributed by atoms with E-state index in [4.69, 9.17) is 42.6 Å². The van der Waals surface area contributed by atoms with Gasteiger partial charge in [0.05, 0.1) is 41.5 Å². The molecular weight excluding hydrogens is 917 g/mol. The lowest BCUT2D eigenvalue weighted by Crippen LogP contribution is -2.62. The number of pyridine rings is 1. The fourth-order valence-electron chi connectivity index (χ4n) is 11.9. The Labute approximate surface area is 420 Å². The molecule has 2 N–H and O–H groups in total. The van der Waals surface area contributed by atoms with Crippen LogP contribution < -0.4 is 5.43 Å². The highest BCUT2D eigenvalue weighted by Gasteiger charge is 2.61. The van der Waals surface area contributed by atoms with E-state index in [0.29, 0.717) is 25.8 Å². The largest absolute Gasteiger partial charge is 0.458 e. The van der Waals surface area contributed by atoms with Crippen molar-refractivity contribution in [2.24, 2.45) is 23.7 Å². The number of aryl methyl sites for hydroxylation is 1. The number of Topliss-reactive ketones (excluding diaryl/α,β-unsaturated/α-hetero) is 1. The summed E-state index contributed by atoms with van der Waals surface area (Å²) in [6.45, 7) is 19.8. The second kappa shape index (κ2) is 23.1. The number of ketones is 1. The van der Waals surface area contributed by atoms with Crippen molar-refractivity contribution in [3.05, 3.63) is 42.1 Å². The van der Waals surface area contributed by atoms with Crippen LogP contribution in [0.1, 0.15) is 114 Å². The Kier molecular flexibility index (Phi) is 18.4. The molecule has 4 saturated heterocycles. The Morgan fingerprint density at radius 3 is 2.25 bits per heavy atom. The smallest absolute Gasteiger partial charge is 0.425 e. The van der Waals surface area contributed by atoms with Gasteiger partial charge in [0.15, 0.2) is 24.3 Å². The minimum absolute atomic E-state index is 0.106. The molecule has 1 aromatic carbocycles. The molecule has 398 valence electrons. The SMILES string of the molecule is CC[C@H]1OC(=O)[C@H](C)C(OC2CC(C)(OC)C(OC(C)=O)C(C)O2)[C@H](C)[C@@H](O[C@@H]2O[C@H](C)C[C@H](N(C)C)[C@H]2O)[C@](C)(OC)C[C@@H](C)C(=O)[C@H](C)[C@H]2N(NCCCc3ccnc4ccccc34)C(=O)O[C@]12C. The lowest BCUT2D eigenvalue weighted by Gasteiger charge is -2.50. The summed E-state index contributed by atoms with van der Waals surface area (Å²) in [5.74, 6) is -4.64. The summed E-state index contributed by atoms with van der Waals surface area (Å²) in [5, 5.41) is 14.3. The van der Waals surface area contributed by atoms with E-state index < -0.39 is 114 Å². The van der Waals surface area contributed by atoms with Crippen LogP contribution >= 0.6 is 0 Å². The number of ether oxygens (including phenoxy) is 9. The number of methoxy groups -OCH3 is 2. The van der Waals surface area contributed by atoms with E-state index in [9.17, 15) is 14.7 Å². The molecule has 0 aliphatic carbocycles. The van der Waals surface area contributed by atoms with Crippen LogP contribution in [-0.4, -0.2) is 163 Å². The molecule has 0 saturated carbocycles. The van der Waals surface area contributed by atoms with Gasteiger partial charge in [0.2, 0.25) is 0 Å². The van der Waals surface area contributed by atoms with Gasteiger partial charge in [-0.3, -0.25) is 19.4 Å². The molecule has 4 aliphatic rings. The van der Waals surface area contributed by atoms with Crippen LogP contribution in [0, 0.1) is 23.7 Å². The number of aliphatic hydroxyl groups excluding tert-OH is 1. The van der Waals surface area contributed by atoms with E-state index in [0.717, 1.165) is 16.5 Å². The number of hydrogen-bond donors (Lipinski definition) is 2. The summed E-state index contributed by atoms with van der Waals surface area (Å²) in [4.78, 5) is 63.1. The van der Waals surface area contributed by atoms with Crippen LogP contribution in [0.25, 0.3) is 10.9 Å². The van der Waals surface area contributed by atoms with E-state index in [1.807, 2.05) is 90.9 Å². The number of amides is 1. The molecule has 0 spiro atoms. The average molecular weight is 999 g/mol. The quantitative estimate of drug-likeness (QED) is 0.124. The molecule has 1 aromatic heterocycles. The third-order valence-electron chi connectivity index (χ3n) is 15.9. The maximum Gasteiger partial charge on any atom is 0.425 e. The maximum atomic E-state index is 15.2. The Morgan fingerprint density at radius 2 is 1.61 bits per heavy atom. The molecule has 5 unspecified atom stereocenters. The van der Waals surface area contributed by atoms with Gasteiger partial charge in [-0.1, -0.05) is 45.9 Å². The summed E-state index contributed by atoms with van der Waals surface area (Å²) >= 11 is 0. The first kappa shape index (κ1) is 56.4. The number of nitrogens with zero attached hydrogens (tertiary/aromatic N) is 3. The molecule has 6 rings (SSSR count). The molecule has 2 aromatic rings. The summed E-state index contributed by atoms with van der Waals surface area (Å²) < 4.78 is 57.9. The number of aliphatic hydroxyl groups is 1. The van der Waals surface area contributed by atoms with Crippen molar-refractivity contribution in [3.63, 3.8) is 0 Å². The highest BCUT2D eigenvalue weighted by Crippen LogP contribution is 2.45. The summed E-state index contributed by atoms with van der Waals surface area (Å²) in [7, 11) is 6.85. The summed E-state index contributed by atoms with van der Waals surface area (Å²) in [6, 6.07) is 8.72. The van der Waals surface area contributed by atoms with Crippen molar-refractivity contribution in [1.82, 2.24) is 20.3 Å². The van der Waals surface area contributed by atoms with Crippen LogP contribution in [0.2, 0.25) is 0 Å². The number of likely N-dealkylation sites (N-methyl/N-ethyl adjacent to an activating group) is 1. The van der Waals surface area contributed by atoms with Gasteiger partial charge >= 0.3 is 18.0 Å². The van der Waals surface area contributed by atoms with Crippen LogP contribution in [0.4, 0.5) is 4.79 Å². The van der Waals surface area contributed by atoms with E-state index in [-0.39, 0.29) is 37.2 Å². The highest BCUT2D eigenvalue weighted by molar-refractivity contribution is 5.85. The van der Waals surface area contributed by atoms with Crippen LogP contribution in [0.3, 0.4) is 0 Å². The van der Waals surface area contributed by atoms with Gasteiger partial charge < -0.3 is 52.6 Å². The van der Waals surface area contributed by atoms with Crippen molar-refractivity contribution < 1.29 is 66.9 Å². The van der Waals surface area contributed by atoms with Crippen molar-refractivity contribution in [3.8, 4) is 0 Å². The highest BCUT2D eigenvalue weighted by atomic mass is 16.7. The lowest BCUT2D eigenvalue weighted by atomic mass is 9.73. The van der Waals surface area contributed by atoms with Crippen LogP contribution in [0.15, 0.2) is 36.5 Å². The Bertz CT molecular complexity index is 2160. The van der Waals surface area contributed by atoms with Gasteiger partial charge in [-0.05, 0) is 105 Å². The van der Waals surface area contributed by atoms with Gasteiger partial charge in [0.1, 0.15) is 29.6 Å². The zero-order chi connectivity index (χ0) is 52.3. The first-order valence-corrected chi connectivity index (χ1v) is 25.5. The minimum Gasteiger partial charge on any atom is -0.458 e. The summed E-state index contributed by atoms with van der Waals surface area (Å²) in [6.07, 6.45) is -4.59. The molecule has 1 amide bonds. The lowest BCUT2D eigenvalue weighted by molar-refractivity contribution is -0.320. The van der Waals surface area contributed by atoms with Crippen LogP contribution in [0.5, 0.6) is 0 Å². The molecule has 4 aliphatic heterocycles. The molecule has 18 heteroatoms. The first-order chi connectivity index (χ1) is 33.4. The topological polar surface area (TPSA) is 203 Å². The van der Waals surface area contributed by atoms with Gasteiger partial charge in [-0.2, -0.15) is 0 Å². The maximum absolute atomic E-state index is 15.2. The monoisotopic (exact) mass is 999 g/mol. The fraction of sp³-hybridized carbons (Fsp3) is 0.755. The van der Waals surface area contributed by atoms with E-state index >= 15 is 9.59 Å². The van der Waals surface area contributed by atoms with Crippen molar-refractivity contribution in [2.75, 3.05) is 34.9 Å². The van der Waals surface area contributed by atoms with Crippen molar-refractivity contribution in [2.45, 2.75) is 199 Å². The van der Waals surface area contributed by atoms with Crippen LogP contribution in [-0.2, 0) is 63.4 Å². The van der Waals surface area contributed by atoms with Gasteiger partial charge in [0, 0.05) is 69.5 Å². The minimum atomic E-state index is -1.49. The van der Waals surface area contributed by atoms with Crippen molar-refractivity contribution >= 4 is 34.7 Å². The standard InChI is InChI=1S/C53H82N4O14/c1-16-40-53(11)45(57(50(62)71-53)55-24-19-20-36-23-25-54-38-22-18-17-21-37(36)38)31(4)42(59)29(2)27-51(9,63-14)46(70-49-43(60)39(56(12)13)26-30(3)65-49)32(5)44(33(6)48(61)68-40)69-41-28-52(10,64-15)47(34(7)66-41)67-35(8)58/h17-18,21-23,25,29-34,39-41,43-47,49,55,60H,16,19-20,24,26-28H2,1-15H3/t29-,30-,31+,32+,33-,34?,39+,40-,41?,43-,44?,45-,46-,47?,49+,51-,52?,53-/m1/s1. The molecule has 71 heavy (non-hydrogen) atoms. The number of fused-ring (bicyclic) bond motifs is 2. The van der Waals surface area contributed by atoms with E-state index in [1.165, 1.54) is 19.0 Å². The zero-order valence-electron chi connectivity index (χ0n) is 44.7. The fourth-order valence-corrected chi connectivity index (χ4v) is 11.9. The Hall–Kier alpha value is -3.85. The normalized spacial score (nSPS) is 39.7.